The van der Waals surface area contributed by atoms with E-state index in [9.17, 15) is 4.79 Å². The number of hydrogen-bond donors (Lipinski definition) is 0. The van der Waals surface area contributed by atoms with Crippen LogP contribution in [0.4, 0.5) is 0 Å². The minimum Gasteiger partial charge on any atom is -0.460 e. The Hall–Kier alpha value is -1.31. The van der Waals surface area contributed by atoms with Crippen LogP contribution in [-0.2, 0) is 9.53 Å². The first kappa shape index (κ1) is 10.7. The number of hydrogen-bond acceptors (Lipinski definition) is 2. The van der Waals surface area contributed by atoms with Crippen LogP contribution in [0.1, 0.15) is 13.8 Å². The summed E-state index contributed by atoms with van der Waals surface area (Å²) in [5, 5.41) is 0. The lowest BCUT2D eigenvalue weighted by Gasteiger charge is -2.09. The Labute approximate surface area is 73.2 Å². The van der Waals surface area contributed by atoms with E-state index in [2.05, 4.69) is 6.58 Å². The van der Waals surface area contributed by atoms with Crippen LogP contribution in [0.5, 0.6) is 0 Å². The van der Waals surface area contributed by atoms with Gasteiger partial charge in [0, 0.05) is 0 Å². The summed E-state index contributed by atoms with van der Waals surface area (Å²) in [5.74, 6) is 0. The maximum Gasteiger partial charge on any atom is 0.293 e. The van der Waals surface area contributed by atoms with Crippen LogP contribution >= 0.6 is 0 Å². The summed E-state index contributed by atoms with van der Waals surface area (Å²) < 4.78 is 4.76. The molecule has 1 atom stereocenters. The highest BCUT2D eigenvalue weighted by Gasteiger charge is 2.03. The first-order valence-electron chi connectivity index (χ1n) is 3.80. The van der Waals surface area contributed by atoms with Crippen LogP contribution in [0, 0.1) is 0 Å². The van der Waals surface area contributed by atoms with Gasteiger partial charge in [0.05, 0.1) is 0 Å². The smallest absolute Gasteiger partial charge is 0.293 e. The van der Waals surface area contributed by atoms with E-state index in [4.69, 9.17) is 4.74 Å². The van der Waals surface area contributed by atoms with Gasteiger partial charge in [-0.3, -0.25) is 4.79 Å². The summed E-state index contributed by atoms with van der Waals surface area (Å²) in [6, 6.07) is 0. The molecule has 2 nitrogen and oxygen atoms in total. The molecule has 0 saturated heterocycles. The fourth-order valence-electron chi connectivity index (χ4n) is 0.817. The van der Waals surface area contributed by atoms with E-state index >= 15 is 0 Å². The Kier molecular flexibility index (Phi) is 5.70. The molecule has 0 aromatic carbocycles. The van der Waals surface area contributed by atoms with Gasteiger partial charge in [0.1, 0.15) is 6.10 Å². The molecule has 66 valence electrons. The molecule has 0 rings (SSSR count). The van der Waals surface area contributed by atoms with E-state index in [-0.39, 0.29) is 6.10 Å². The molecule has 0 spiro atoms. The van der Waals surface area contributed by atoms with Gasteiger partial charge in [-0.1, -0.05) is 30.9 Å². The molecule has 0 amide bonds. The summed E-state index contributed by atoms with van der Waals surface area (Å²) >= 11 is 0. The fraction of sp³-hybridized carbons (Fsp3) is 0.300. The van der Waals surface area contributed by atoms with Crippen molar-refractivity contribution >= 4 is 6.47 Å². The highest BCUT2D eigenvalue weighted by atomic mass is 16.5. The molecule has 0 unspecified atom stereocenters. The van der Waals surface area contributed by atoms with Crippen molar-refractivity contribution in [2.45, 2.75) is 20.0 Å². The monoisotopic (exact) mass is 166 g/mol. The maximum absolute atomic E-state index is 10.0. The van der Waals surface area contributed by atoms with Gasteiger partial charge in [-0.15, -0.1) is 0 Å². The highest BCUT2D eigenvalue weighted by molar-refractivity contribution is 5.40. The average Bonchev–Trinajstić information content (AvgIpc) is 2.04. The SMILES string of the molecule is C=C/C=C(\C=C/C)[C@@H](C)OC=O. The van der Waals surface area contributed by atoms with Crippen LogP contribution < -0.4 is 0 Å². The minimum absolute atomic E-state index is 0.211. The molecule has 2 heteroatoms. The second kappa shape index (κ2) is 6.40. The maximum atomic E-state index is 10.0. The second-order valence-electron chi connectivity index (χ2n) is 2.28. The van der Waals surface area contributed by atoms with Gasteiger partial charge < -0.3 is 4.74 Å². The number of allylic oxidation sites excluding steroid dienone is 3. The molecule has 0 fully saturated rings. The number of carbonyl (C=O) groups excluding carboxylic acids is 1. The fourth-order valence-corrected chi connectivity index (χ4v) is 0.817. The Morgan fingerprint density at radius 3 is 2.67 bits per heavy atom. The van der Waals surface area contributed by atoms with Crippen LogP contribution in [0.25, 0.3) is 0 Å². The van der Waals surface area contributed by atoms with Crippen molar-refractivity contribution in [3.63, 3.8) is 0 Å². The summed E-state index contributed by atoms with van der Waals surface area (Å²) in [4.78, 5) is 10.0. The molecular formula is C10H14O2. The number of rotatable bonds is 5. The van der Waals surface area contributed by atoms with Gasteiger partial charge in [-0.2, -0.15) is 0 Å². The molecule has 0 bridgehead atoms. The first-order valence-corrected chi connectivity index (χ1v) is 3.80. The zero-order valence-corrected chi connectivity index (χ0v) is 7.49. The summed E-state index contributed by atoms with van der Waals surface area (Å²) in [7, 11) is 0. The lowest BCUT2D eigenvalue weighted by Crippen LogP contribution is -2.08. The Morgan fingerprint density at radius 1 is 1.58 bits per heavy atom. The molecule has 12 heavy (non-hydrogen) atoms. The van der Waals surface area contributed by atoms with Gasteiger partial charge in [0.2, 0.25) is 0 Å². The number of carbonyl (C=O) groups is 1. The molecule has 0 aromatic rings. The summed E-state index contributed by atoms with van der Waals surface area (Å²) in [5.41, 5.74) is 0.930. The third kappa shape index (κ3) is 3.76. The van der Waals surface area contributed by atoms with Crippen molar-refractivity contribution in [2.24, 2.45) is 0 Å². The predicted molar refractivity (Wildman–Crippen MR) is 49.7 cm³/mol. The van der Waals surface area contributed by atoms with E-state index in [1.165, 1.54) is 0 Å². The van der Waals surface area contributed by atoms with Crippen molar-refractivity contribution in [2.75, 3.05) is 0 Å². The number of ether oxygens (including phenoxy) is 1. The summed E-state index contributed by atoms with van der Waals surface area (Å²) in [6.45, 7) is 7.74. The van der Waals surface area contributed by atoms with Crippen LogP contribution in [0.2, 0.25) is 0 Å². The van der Waals surface area contributed by atoms with Gasteiger partial charge in [0.25, 0.3) is 6.47 Å². The Balaban J connectivity index is 4.38. The normalized spacial score (nSPS) is 14.3. The second-order valence-corrected chi connectivity index (χ2v) is 2.28. The average molecular weight is 166 g/mol. The third-order valence-electron chi connectivity index (χ3n) is 1.40. The predicted octanol–water partition coefficient (Wildman–Crippen LogP) is 2.24. The van der Waals surface area contributed by atoms with Crippen LogP contribution in [0.15, 0.2) is 36.5 Å². The van der Waals surface area contributed by atoms with Gasteiger partial charge in [-0.05, 0) is 19.4 Å². The van der Waals surface area contributed by atoms with Gasteiger partial charge in [0.15, 0.2) is 0 Å². The van der Waals surface area contributed by atoms with Gasteiger partial charge >= 0.3 is 0 Å². The Bertz CT molecular complexity index is 202. The van der Waals surface area contributed by atoms with Crippen LogP contribution in [-0.4, -0.2) is 12.6 Å². The quantitative estimate of drug-likeness (QED) is 0.462. The highest BCUT2D eigenvalue weighted by Crippen LogP contribution is 2.07. The molecule has 0 saturated carbocycles. The van der Waals surface area contributed by atoms with E-state index in [1.54, 1.807) is 6.08 Å². The van der Waals surface area contributed by atoms with Crippen molar-refractivity contribution in [3.8, 4) is 0 Å². The van der Waals surface area contributed by atoms with E-state index < -0.39 is 0 Å². The molecule has 0 heterocycles. The largest absolute Gasteiger partial charge is 0.460 e. The van der Waals surface area contributed by atoms with E-state index in [0.717, 1.165) is 5.57 Å². The van der Waals surface area contributed by atoms with Crippen molar-refractivity contribution in [3.05, 3.63) is 36.5 Å². The molecule has 0 aromatic heterocycles. The zero-order valence-electron chi connectivity index (χ0n) is 7.49. The lowest BCUT2D eigenvalue weighted by atomic mass is 10.1. The lowest BCUT2D eigenvalue weighted by molar-refractivity contribution is -0.131. The Morgan fingerprint density at radius 2 is 2.25 bits per heavy atom. The van der Waals surface area contributed by atoms with E-state index in [1.807, 2.05) is 32.1 Å². The van der Waals surface area contributed by atoms with Crippen molar-refractivity contribution in [1.82, 2.24) is 0 Å². The molecule has 0 aliphatic rings. The standard InChI is InChI=1S/C10H14O2/c1-4-6-10(7-5-2)9(3)12-8-11/h4-9H,1H2,2-3H3/b7-5-,10-6+/t9-/m1/s1. The van der Waals surface area contributed by atoms with Gasteiger partial charge in [-0.25, -0.2) is 0 Å². The van der Waals surface area contributed by atoms with Crippen molar-refractivity contribution < 1.29 is 9.53 Å². The zero-order chi connectivity index (χ0) is 9.40. The topological polar surface area (TPSA) is 26.3 Å². The summed E-state index contributed by atoms with van der Waals surface area (Å²) in [6.07, 6.45) is 7.04. The first-order chi connectivity index (χ1) is 5.76. The van der Waals surface area contributed by atoms with Crippen LogP contribution in [0.3, 0.4) is 0 Å². The van der Waals surface area contributed by atoms with E-state index in [0.29, 0.717) is 6.47 Å². The van der Waals surface area contributed by atoms with Crippen molar-refractivity contribution in [1.29, 1.82) is 0 Å². The molecule has 0 radical (unpaired) electrons. The molecular weight excluding hydrogens is 152 g/mol. The minimum atomic E-state index is -0.211. The third-order valence-corrected chi connectivity index (χ3v) is 1.40. The molecule has 0 N–H and O–H groups in total. The molecule has 0 aliphatic carbocycles. The molecule has 0 aliphatic heterocycles.